The van der Waals surface area contributed by atoms with Crippen molar-refractivity contribution in [2.45, 2.75) is 31.7 Å². The fourth-order valence-electron chi connectivity index (χ4n) is 2.47. The molecular weight excluding hydrogens is 207 g/mol. The monoisotopic (exact) mass is 224 g/mol. The Morgan fingerprint density at radius 1 is 1.31 bits per heavy atom. The maximum atomic E-state index is 13.2. The van der Waals surface area contributed by atoms with Gasteiger partial charge >= 0.3 is 0 Å². The molecule has 1 aliphatic rings. The van der Waals surface area contributed by atoms with E-state index in [1.807, 2.05) is 0 Å². The van der Waals surface area contributed by atoms with Gasteiger partial charge in [0, 0.05) is 17.7 Å². The molecule has 2 rings (SSSR count). The highest BCUT2D eigenvalue weighted by Gasteiger charge is 2.26. The Morgan fingerprint density at radius 2 is 1.94 bits per heavy atom. The predicted octanol–water partition coefficient (Wildman–Crippen LogP) is 2.30. The van der Waals surface area contributed by atoms with Crippen LogP contribution >= 0.6 is 0 Å². The van der Waals surface area contributed by atoms with E-state index in [0.717, 1.165) is 31.7 Å². The lowest BCUT2D eigenvalue weighted by atomic mass is 9.91. The molecule has 0 spiro atoms. The van der Waals surface area contributed by atoms with Gasteiger partial charge < -0.3 is 16.6 Å². The second-order valence-electron chi connectivity index (χ2n) is 4.50. The Morgan fingerprint density at radius 3 is 2.56 bits per heavy atom. The number of aromatic hydroxyl groups is 1. The molecule has 1 aromatic rings. The zero-order chi connectivity index (χ0) is 11.7. The van der Waals surface area contributed by atoms with Crippen LogP contribution in [0.3, 0.4) is 0 Å². The number of nitrogen functional groups attached to an aromatic ring is 1. The number of halogens is 1. The Hall–Kier alpha value is -1.29. The summed E-state index contributed by atoms with van der Waals surface area (Å²) in [5, 5.41) is 9.78. The number of rotatable bonds is 2. The van der Waals surface area contributed by atoms with E-state index in [2.05, 4.69) is 0 Å². The maximum Gasteiger partial charge on any atom is 0.143 e. The second-order valence-corrected chi connectivity index (χ2v) is 4.50. The average Bonchev–Trinajstić information content (AvgIpc) is 2.75. The first-order valence-corrected chi connectivity index (χ1v) is 5.63. The van der Waals surface area contributed by atoms with Gasteiger partial charge in [-0.3, -0.25) is 0 Å². The summed E-state index contributed by atoms with van der Waals surface area (Å²) in [4.78, 5) is 0. The smallest absolute Gasteiger partial charge is 0.143 e. The van der Waals surface area contributed by atoms with Gasteiger partial charge in [-0.25, -0.2) is 4.39 Å². The van der Waals surface area contributed by atoms with Crippen LogP contribution in [0.5, 0.6) is 5.75 Å². The third-order valence-electron chi connectivity index (χ3n) is 3.40. The van der Waals surface area contributed by atoms with Crippen molar-refractivity contribution < 1.29 is 9.50 Å². The molecule has 0 unspecified atom stereocenters. The molecule has 4 heteroatoms. The van der Waals surface area contributed by atoms with E-state index in [-0.39, 0.29) is 17.5 Å². The van der Waals surface area contributed by atoms with Crippen molar-refractivity contribution in [2.24, 2.45) is 11.7 Å². The molecule has 0 radical (unpaired) electrons. The van der Waals surface area contributed by atoms with Gasteiger partial charge in [0.2, 0.25) is 0 Å². The summed E-state index contributed by atoms with van der Waals surface area (Å²) in [6.45, 7) is 0. The van der Waals surface area contributed by atoms with Gasteiger partial charge in [0.1, 0.15) is 11.6 Å². The minimum atomic E-state index is -0.446. The molecule has 1 atom stereocenters. The van der Waals surface area contributed by atoms with Crippen LogP contribution in [0.25, 0.3) is 0 Å². The standard InChI is InChI=1S/C12H17FN2O/c13-8-5-9(12(16)10(14)6-8)11(15)7-3-1-2-4-7/h5-7,11,16H,1-4,14-15H2/t11-/m1/s1. The van der Waals surface area contributed by atoms with Crippen molar-refractivity contribution in [3.05, 3.63) is 23.5 Å². The summed E-state index contributed by atoms with van der Waals surface area (Å²) in [6, 6.07) is 2.08. The quantitative estimate of drug-likeness (QED) is 0.533. The van der Waals surface area contributed by atoms with Crippen LogP contribution in [0.15, 0.2) is 12.1 Å². The van der Waals surface area contributed by atoms with Crippen LogP contribution in [-0.4, -0.2) is 5.11 Å². The molecule has 1 aromatic carbocycles. The van der Waals surface area contributed by atoms with Gasteiger partial charge in [0.15, 0.2) is 0 Å². The topological polar surface area (TPSA) is 72.3 Å². The molecule has 3 nitrogen and oxygen atoms in total. The Bertz CT molecular complexity index is 389. The highest BCUT2D eigenvalue weighted by molar-refractivity contribution is 5.57. The van der Waals surface area contributed by atoms with Crippen molar-refractivity contribution in [2.75, 3.05) is 5.73 Å². The summed E-state index contributed by atoms with van der Waals surface area (Å²) in [6.07, 6.45) is 4.39. The van der Waals surface area contributed by atoms with E-state index in [9.17, 15) is 9.50 Å². The number of nitrogens with two attached hydrogens (primary N) is 2. The number of hydrogen-bond acceptors (Lipinski definition) is 3. The van der Waals surface area contributed by atoms with Gasteiger partial charge in [-0.15, -0.1) is 0 Å². The Kier molecular flexibility index (Phi) is 3.01. The van der Waals surface area contributed by atoms with E-state index >= 15 is 0 Å². The summed E-state index contributed by atoms with van der Waals surface area (Å²) < 4.78 is 13.2. The molecule has 5 N–H and O–H groups in total. The highest BCUT2D eigenvalue weighted by atomic mass is 19.1. The van der Waals surface area contributed by atoms with E-state index in [1.54, 1.807) is 0 Å². The molecular formula is C12H17FN2O. The zero-order valence-corrected chi connectivity index (χ0v) is 9.12. The van der Waals surface area contributed by atoms with Crippen LogP contribution in [0.4, 0.5) is 10.1 Å². The highest BCUT2D eigenvalue weighted by Crippen LogP contribution is 2.39. The number of phenolic OH excluding ortho intramolecular Hbond substituents is 1. The summed E-state index contributed by atoms with van der Waals surface area (Å²) in [5.74, 6) is -0.188. The van der Waals surface area contributed by atoms with E-state index in [4.69, 9.17) is 11.5 Å². The second kappa shape index (κ2) is 4.29. The molecule has 0 aliphatic heterocycles. The molecule has 1 aliphatic carbocycles. The molecule has 88 valence electrons. The molecule has 0 saturated heterocycles. The van der Waals surface area contributed by atoms with Gasteiger partial charge in [0.25, 0.3) is 0 Å². The predicted molar refractivity (Wildman–Crippen MR) is 61.4 cm³/mol. The van der Waals surface area contributed by atoms with Crippen molar-refractivity contribution in [3.63, 3.8) is 0 Å². The average molecular weight is 224 g/mol. The van der Waals surface area contributed by atoms with Crippen molar-refractivity contribution >= 4 is 5.69 Å². The first kappa shape index (κ1) is 11.2. The Balaban J connectivity index is 2.31. The van der Waals surface area contributed by atoms with Gasteiger partial charge in [0.05, 0.1) is 5.69 Å². The molecule has 0 bridgehead atoms. The van der Waals surface area contributed by atoms with Crippen molar-refractivity contribution in [3.8, 4) is 5.75 Å². The SMILES string of the molecule is Nc1cc(F)cc([C@H](N)C2CCCC2)c1O. The lowest BCUT2D eigenvalue weighted by Crippen LogP contribution is -2.19. The maximum absolute atomic E-state index is 13.2. The van der Waals surface area contributed by atoms with Crippen LogP contribution in [0, 0.1) is 11.7 Å². The van der Waals surface area contributed by atoms with Crippen molar-refractivity contribution in [1.82, 2.24) is 0 Å². The number of hydrogen-bond donors (Lipinski definition) is 3. The molecule has 0 heterocycles. The van der Waals surface area contributed by atoms with Crippen LogP contribution in [-0.2, 0) is 0 Å². The fourth-order valence-corrected chi connectivity index (χ4v) is 2.47. The summed E-state index contributed by atoms with van der Waals surface area (Å²) in [5.41, 5.74) is 12.1. The zero-order valence-electron chi connectivity index (χ0n) is 9.12. The van der Waals surface area contributed by atoms with Crippen LogP contribution in [0.2, 0.25) is 0 Å². The number of phenols is 1. The van der Waals surface area contributed by atoms with Crippen LogP contribution in [0.1, 0.15) is 37.3 Å². The Labute approximate surface area is 94.3 Å². The van der Waals surface area contributed by atoms with E-state index in [0.29, 0.717) is 11.5 Å². The minimum Gasteiger partial charge on any atom is -0.505 e. The summed E-state index contributed by atoms with van der Waals surface area (Å²) >= 11 is 0. The third kappa shape index (κ3) is 1.97. The van der Waals surface area contributed by atoms with Gasteiger partial charge in [-0.05, 0) is 24.8 Å². The van der Waals surface area contributed by atoms with Crippen LogP contribution < -0.4 is 11.5 Å². The van der Waals surface area contributed by atoms with E-state index in [1.165, 1.54) is 6.07 Å². The first-order chi connectivity index (χ1) is 7.59. The largest absolute Gasteiger partial charge is 0.505 e. The molecule has 0 aromatic heterocycles. The van der Waals surface area contributed by atoms with Gasteiger partial charge in [-0.2, -0.15) is 0 Å². The third-order valence-corrected chi connectivity index (χ3v) is 3.40. The lowest BCUT2D eigenvalue weighted by Gasteiger charge is -2.20. The number of anilines is 1. The molecule has 0 amide bonds. The first-order valence-electron chi connectivity index (χ1n) is 5.63. The molecule has 16 heavy (non-hydrogen) atoms. The molecule has 1 saturated carbocycles. The minimum absolute atomic E-state index is 0.0587. The summed E-state index contributed by atoms with van der Waals surface area (Å²) in [7, 11) is 0. The van der Waals surface area contributed by atoms with E-state index < -0.39 is 5.82 Å². The fraction of sp³-hybridized carbons (Fsp3) is 0.500. The number of benzene rings is 1. The van der Waals surface area contributed by atoms with Crippen molar-refractivity contribution in [1.29, 1.82) is 0 Å². The molecule has 1 fully saturated rings. The lowest BCUT2D eigenvalue weighted by molar-refractivity contribution is 0.411. The van der Waals surface area contributed by atoms with Gasteiger partial charge in [-0.1, -0.05) is 12.8 Å². The normalized spacial score (nSPS) is 18.9.